The summed E-state index contributed by atoms with van der Waals surface area (Å²) < 4.78 is 5.19. The third-order valence-corrected chi connectivity index (χ3v) is 5.13. The average Bonchev–Trinajstić information content (AvgIpc) is 2.63. The van der Waals surface area contributed by atoms with Crippen LogP contribution in [0, 0.1) is 0 Å². The van der Waals surface area contributed by atoms with Gasteiger partial charge in [0.15, 0.2) is 0 Å². The first-order chi connectivity index (χ1) is 11.3. The lowest BCUT2D eigenvalue weighted by molar-refractivity contribution is 0.185. The Morgan fingerprint density at radius 1 is 0.870 bits per heavy atom. The molecule has 0 heterocycles. The minimum absolute atomic E-state index is 0.702. The Bertz CT molecular complexity index is 616. The molecule has 0 N–H and O–H groups in total. The largest absolute Gasteiger partial charge is 0.380 e. The Morgan fingerprint density at radius 2 is 1.35 bits per heavy atom. The molecular weight excluding hydrogens is 280 g/mol. The fraction of sp³-hybridized carbons (Fsp3) is 0.364. The monoisotopic (exact) mass is 306 g/mol. The highest BCUT2D eigenvalue weighted by molar-refractivity contribution is 5.47. The summed E-state index contributed by atoms with van der Waals surface area (Å²) in [7, 11) is 1.75. The quantitative estimate of drug-likeness (QED) is 0.666. The number of hydrogen-bond acceptors (Lipinski definition) is 1. The van der Waals surface area contributed by atoms with Gasteiger partial charge in [0, 0.05) is 7.11 Å². The lowest BCUT2D eigenvalue weighted by atomic mass is 9.76. The van der Waals surface area contributed by atoms with Gasteiger partial charge in [-0.15, -0.1) is 0 Å². The van der Waals surface area contributed by atoms with Crippen LogP contribution in [0.15, 0.2) is 55.1 Å². The second-order valence-corrected chi connectivity index (χ2v) is 6.59. The molecule has 3 rings (SSSR count). The predicted molar refractivity (Wildman–Crippen MR) is 97.6 cm³/mol. The van der Waals surface area contributed by atoms with Crippen molar-refractivity contribution in [1.82, 2.24) is 0 Å². The molecule has 1 fully saturated rings. The summed E-state index contributed by atoms with van der Waals surface area (Å²) in [5.41, 5.74) is 5.45. The maximum atomic E-state index is 5.19. The van der Waals surface area contributed by atoms with Gasteiger partial charge in [-0.3, -0.25) is 0 Å². The third kappa shape index (κ3) is 3.92. The van der Waals surface area contributed by atoms with E-state index in [1.807, 2.05) is 6.08 Å². The maximum Gasteiger partial charge on any atom is 0.0713 e. The minimum atomic E-state index is 0.702. The molecule has 1 nitrogen and oxygen atoms in total. The molecule has 1 heteroatoms. The van der Waals surface area contributed by atoms with E-state index in [4.69, 9.17) is 4.74 Å². The van der Waals surface area contributed by atoms with Crippen LogP contribution in [0.3, 0.4) is 0 Å². The minimum Gasteiger partial charge on any atom is -0.380 e. The van der Waals surface area contributed by atoms with Gasteiger partial charge in [0.05, 0.1) is 6.61 Å². The zero-order chi connectivity index (χ0) is 16.1. The van der Waals surface area contributed by atoms with Crippen LogP contribution in [0.5, 0.6) is 0 Å². The molecule has 0 saturated heterocycles. The Hall–Kier alpha value is -1.86. The second-order valence-electron chi connectivity index (χ2n) is 6.59. The Balaban J connectivity index is 1.59. The van der Waals surface area contributed by atoms with Crippen LogP contribution in [-0.4, -0.2) is 7.11 Å². The topological polar surface area (TPSA) is 9.23 Å². The summed E-state index contributed by atoms with van der Waals surface area (Å²) >= 11 is 0. The van der Waals surface area contributed by atoms with Crippen molar-refractivity contribution in [2.24, 2.45) is 0 Å². The number of ether oxygens (including phenoxy) is 1. The standard InChI is InChI=1S/C22H26O/c1-3-17-4-8-19(9-5-17)21-12-14-22(15-13-21)20-10-6-18(7-11-20)16-23-2/h3-11,21-22H,1,12-16H2,2H3. The Labute approximate surface area is 140 Å². The molecule has 0 bridgehead atoms. The van der Waals surface area contributed by atoms with E-state index in [0.29, 0.717) is 6.61 Å². The molecule has 120 valence electrons. The lowest BCUT2D eigenvalue weighted by Crippen LogP contribution is -2.12. The summed E-state index contributed by atoms with van der Waals surface area (Å²) in [4.78, 5) is 0. The van der Waals surface area contributed by atoms with Gasteiger partial charge in [-0.2, -0.15) is 0 Å². The van der Waals surface area contributed by atoms with Gasteiger partial charge in [0.2, 0.25) is 0 Å². The Kier molecular flexibility index (Phi) is 5.30. The average molecular weight is 306 g/mol. The summed E-state index contributed by atoms with van der Waals surface area (Å²) in [5.74, 6) is 1.44. The molecule has 0 unspecified atom stereocenters. The summed E-state index contributed by atoms with van der Waals surface area (Å²) in [6, 6.07) is 17.9. The van der Waals surface area contributed by atoms with Gasteiger partial charge < -0.3 is 4.74 Å². The highest BCUT2D eigenvalue weighted by Crippen LogP contribution is 2.40. The molecule has 1 aliphatic rings. The molecule has 1 saturated carbocycles. The van der Waals surface area contributed by atoms with Crippen molar-refractivity contribution in [3.63, 3.8) is 0 Å². The highest BCUT2D eigenvalue weighted by Gasteiger charge is 2.23. The van der Waals surface area contributed by atoms with Crippen LogP contribution in [0.1, 0.15) is 59.8 Å². The van der Waals surface area contributed by atoms with Crippen LogP contribution in [0.4, 0.5) is 0 Å². The van der Waals surface area contributed by atoms with Gasteiger partial charge in [0.1, 0.15) is 0 Å². The number of methoxy groups -OCH3 is 1. The fourth-order valence-corrected chi connectivity index (χ4v) is 3.72. The van der Waals surface area contributed by atoms with Crippen LogP contribution in [0.25, 0.3) is 6.08 Å². The maximum absolute atomic E-state index is 5.19. The van der Waals surface area contributed by atoms with E-state index in [-0.39, 0.29) is 0 Å². The van der Waals surface area contributed by atoms with E-state index >= 15 is 0 Å². The highest BCUT2D eigenvalue weighted by atomic mass is 16.5. The van der Waals surface area contributed by atoms with Crippen molar-refractivity contribution < 1.29 is 4.74 Å². The summed E-state index contributed by atoms with van der Waals surface area (Å²) in [6.45, 7) is 4.53. The van der Waals surface area contributed by atoms with Crippen LogP contribution >= 0.6 is 0 Å². The SMILES string of the molecule is C=Cc1ccc(C2CCC(c3ccc(COC)cc3)CC2)cc1. The van der Waals surface area contributed by atoms with Crippen molar-refractivity contribution in [3.8, 4) is 0 Å². The summed E-state index contributed by atoms with van der Waals surface area (Å²) in [6.07, 6.45) is 7.07. The zero-order valence-electron chi connectivity index (χ0n) is 14.0. The molecule has 0 atom stereocenters. The van der Waals surface area contributed by atoms with Gasteiger partial charge >= 0.3 is 0 Å². The first kappa shape index (κ1) is 16.0. The molecule has 0 radical (unpaired) electrons. The molecule has 0 spiro atoms. The van der Waals surface area contributed by atoms with E-state index in [1.54, 1.807) is 7.11 Å². The third-order valence-electron chi connectivity index (χ3n) is 5.13. The van der Waals surface area contributed by atoms with E-state index in [9.17, 15) is 0 Å². The van der Waals surface area contributed by atoms with Gasteiger partial charge in [-0.05, 0) is 59.8 Å². The van der Waals surface area contributed by atoms with E-state index in [1.165, 1.54) is 47.9 Å². The number of benzene rings is 2. The smallest absolute Gasteiger partial charge is 0.0713 e. The molecular formula is C22H26O. The molecule has 0 aliphatic heterocycles. The lowest BCUT2D eigenvalue weighted by Gasteiger charge is -2.29. The van der Waals surface area contributed by atoms with Crippen molar-refractivity contribution in [2.75, 3.05) is 7.11 Å². The van der Waals surface area contributed by atoms with Crippen molar-refractivity contribution >= 4 is 6.08 Å². The van der Waals surface area contributed by atoms with Gasteiger partial charge in [-0.1, -0.05) is 61.2 Å². The second kappa shape index (κ2) is 7.61. The first-order valence-electron chi connectivity index (χ1n) is 8.60. The number of hydrogen-bond donors (Lipinski definition) is 0. The fourth-order valence-electron chi connectivity index (χ4n) is 3.72. The van der Waals surface area contributed by atoms with Crippen molar-refractivity contribution in [3.05, 3.63) is 77.4 Å². The Morgan fingerprint density at radius 3 is 1.78 bits per heavy atom. The van der Waals surface area contributed by atoms with Crippen LogP contribution < -0.4 is 0 Å². The summed E-state index contributed by atoms with van der Waals surface area (Å²) in [5, 5.41) is 0. The van der Waals surface area contributed by atoms with E-state index in [0.717, 1.165) is 11.8 Å². The molecule has 0 amide bonds. The number of rotatable bonds is 5. The van der Waals surface area contributed by atoms with E-state index in [2.05, 4.69) is 55.1 Å². The molecule has 0 aromatic heterocycles. The van der Waals surface area contributed by atoms with Crippen molar-refractivity contribution in [2.45, 2.75) is 44.1 Å². The van der Waals surface area contributed by atoms with E-state index < -0.39 is 0 Å². The normalized spacial score (nSPS) is 21.1. The van der Waals surface area contributed by atoms with Gasteiger partial charge in [0.25, 0.3) is 0 Å². The van der Waals surface area contributed by atoms with Crippen LogP contribution in [0.2, 0.25) is 0 Å². The van der Waals surface area contributed by atoms with Gasteiger partial charge in [-0.25, -0.2) is 0 Å². The molecule has 2 aromatic rings. The molecule has 2 aromatic carbocycles. The van der Waals surface area contributed by atoms with Crippen LogP contribution in [-0.2, 0) is 11.3 Å². The molecule has 23 heavy (non-hydrogen) atoms. The molecule has 1 aliphatic carbocycles. The first-order valence-corrected chi connectivity index (χ1v) is 8.60. The zero-order valence-corrected chi connectivity index (χ0v) is 14.0. The van der Waals surface area contributed by atoms with Crippen molar-refractivity contribution in [1.29, 1.82) is 0 Å². The predicted octanol–water partition coefficient (Wildman–Crippen LogP) is 5.92.